The highest BCUT2D eigenvalue weighted by atomic mass is 79.9. The van der Waals surface area contributed by atoms with Crippen LogP contribution in [0.25, 0.3) is 0 Å². The molecule has 1 heterocycles. The minimum atomic E-state index is -0.0175. The molecular formula is C14H15BrN4. The highest BCUT2D eigenvalue weighted by Gasteiger charge is 2.07. The molecular weight excluding hydrogens is 304 g/mol. The van der Waals surface area contributed by atoms with E-state index in [1.54, 1.807) is 6.20 Å². The number of halogens is 1. The van der Waals surface area contributed by atoms with Crippen LogP contribution in [0.3, 0.4) is 0 Å². The lowest BCUT2D eigenvalue weighted by Crippen LogP contribution is -2.19. The lowest BCUT2D eigenvalue weighted by atomic mass is 10.2. The summed E-state index contributed by atoms with van der Waals surface area (Å²) >= 11 is 3.54. The maximum Gasteiger partial charge on any atom is 0.141 e. The predicted octanol–water partition coefficient (Wildman–Crippen LogP) is 2.76. The molecule has 3 N–H and O–H groups in total. The summed E-state index contributed by atoms with van der Waals surface area (Å²) in [4.78, 5) is 6.15. The summed E-state index contributed by atoms with van der Waals surface area (Å²) in [7, 11) is 2.00. The maximum absolute atomic E-state index is 7.42. The summed E-state index contributed by atoms with van der Waals surface area (Å²) < 4.78 is 1.09. The second-order valence-corrected chi connectivity index (χ2v) is 5.11. The van der Waals surface area contributed by atoms with Gasteiger partial charge in [0.15, 0.2) is 0 Å². The van der Waals surface area contributed by atoms with Crippen molar-refractivity contribution in [3.05, 3.63) is 58.3 Å². The number of nitrogen functional groups attached to an aromatic ring is 1. The number of nitrogens with one attached hydrogen (secondary N) is 1. The Morgan fingerprint density at radius 2 is 2.11 bits per heavy atom. The first-order valence-electron chi connectivity index (χ1n) is 5.83. The van der Waals surface area contributed by atoms with Gasteiger partial charge in [-0.05, 0) is 23.8 Å². The van der Waals surface area contributed by atoms with Crippen molar-refractivity contribution in [2.24, 2.45) is 5.73 Å². The summed E-state index contributed by atoms with van der Waals surface area (Å²) in [6.45, 7) is 0.767. The number of amidine groups is 1. The Morgan fingerprint density at radius 3 is 2.79 bits per heavy atom. The first-order valence-corrected chi connectivity index (χ1v) is 6.62. The third-order valence-corrected chi connectivity index (χ3v) is 3.60. The van der Waals surface area contributed by atoms with Crippen LogP contribution in [0.5, 0.6) is 0 Å². The summed E-state index contributed by atoms with van der Waals surface area (Å²) in [6, 6.07) is 11.8. The third-order valence-electron chi connectivity index (χ3n) is 2.83. The number of benzene rings is 1. The van der Waals surface area contributed by atoms with Gasteiger partial charge in [-0.2, -0.15) is 0 Å². The quantitative estimate of drug-likeness (QED) is 0.673. The topological polar surface area (TPSA) is 66.0 Å². The van der Waals surface area contributed by atoms with E-state index in [1.165, 1.54) is 5.56 Å². The second kappa shape index (κ2) is 5.84. The smallest absolute Gasteiger partial charge is 0.141 e. The van der Waals surface area contributed by atoms with Crippen molar-refractivity contribution < 1.29 is 0 Å². The Morgan fingerprint density at radius 1 is 1.37 bits per heavy atom. The zero-order valence-corrected chi connectivity index (χ0v) is 12.2. The van der Waals surface area contributed by atoms with Gasteiger partial charge in [0.2, 0.25) is 0 Å². The second-order valence-electron chi connectivity index (χ2n) is 4.26. The normalized spacial score (nSPS) is 10.2. The standard InChI is InChI=1S/C14H15BrN4/c1-19(9-10-4-2-3-5-12(10)15)11-6-7-18-13(8-11)14(16)17/h2-8H,9H2,1H3,(H3,16,17). The van der Waals surface area contributed by atoms with Gasteiger partial charge in [0.25, 0.3) is 0 Å². The number of pyridine rings is 1. The van der Waals surface area contributed by atoms with Crippen molar-refractivity contribution in [2.75, 3.05) is 11.9 Å². The fourth-order valence-corrected chi connectivity index (χ4v) is 2.19. The predicted molar refractivity (Wildman–Crippen MR) is 81.5 cm³/mol. The summed E-state index contributed by atoms with van der Waals surface area (Å²) in [6.07, 6.45) is 1.67. The van der Waals surface area contributed by atoms with E-state index in [-0.39, 0.29) is 5.84 Å². The van der Waals surface area contributed by atoms with E-state index in [0.717, 1.165) is 16.7 Å². The molecule has 98 valence electrons. The molecule has 0 spiro atoms. The number of nitrogens with two attached hydrogens (primary N) is 1. The first kappa shape index (κ1) is 13.5. The molecule has 0 aliphatic carbocycles. The largest absolute Gasteiger partial charge is 0.382 e. The molecule has 0 amide bonds. The van der Waals surface area contributed by atoms with E-state index >= 15 is 0 Å². The van der Waals surface area contributed by atoms with Crippen LogP contribution in [0.2, 0.25) is 0 Å². The van der Waals surface area contributed by atoms with Crippen molar-refractivity contribution in [3.63, 3.8) is 0 Å². The molecule has 0 radical (unpaired) electrons. The monoisotopic (exact) mass is 318 g/mol. The molecule has 0 fully saturated rings. The van der Waals surface area contributed by atoms with Crippen LogP contribution < -0.4 is 10.6 Å². The van der Waals surface area contributed by atoms with E-state index in [9.17, 15) is 0 Å². The number of rotatable bonds is 4. The van der Waals surface area contributed by atoms with E-state index in [0.29, 0.717) is 5.69 Å². The molecule has 0 saturated heterocycles. The molecule has 2 aromatic rings. The minimum Gasteiger partial charge on any atom is -0.382 e. The zero-order valence-electron chi connectivity index (χ0n) is 10.6. The molecule has 0 atom stereocenters. The van der Waals surface area contributed by atoms with Crippen LogP contribution in [0.4, 0.5) is 5.69 Å². The Hall–Kier alpha value is -1.88. The Balaban J connectivity index is 2.20. The number of hydrogen-bond donors (Lipinski definition) is 2. The fourth-order valence-electron chi connectivity index (χ4n) is 1.78. The molecule has 0 aliphatic rings. The average molecular weight is 319 g/mol. The van der Waals surface area contributed by atoms with Gasteiger partial charge in [-0.25, -0.2) is 0 Å². The molecule has 19 heavy (non-hydrogen) atoms. The van der Waals surface area contributed by atoms with Gasteiger partial charge in [0.05, 0.1) is 0 Å². The minimum absolute atomic E-state index is 0.0175. The van der Waals surface area contributed by atoms with Crippen molar-refractivity contribution in [3.8, 4) is 0 Å². The van der Waals surface area contributed by atoms with Gasteiger partial charge >= 0.3 is 0 Å². The highest BCUT2D eigenvalue weighted by Crippen LogP contribution is 2.21. The Bertz CT molecular complexity index is 598. The lowest BCUT2D eigenvalue weighted by molar-refractivity contribution is 0.915. The van der Waals surface area contributed by atoms with Gasteiger partial charge in [0.1, 0.15) is 11.5 Å². The number of nitrogens with zero attached hydrogens (tertiary/aromatic N) is 2. The lowest BCUT2D eigenvalue weighted by Gasteiger charge is -2.20. The van der Waals surface area contributed by atoms with Crippen LogP contribution in [0.15, 0.2) is 47.1 Å². The van der Waals surface area contributed by atoms with Gasteiger partial charge < -0.3 is 10.6 Å². The maximum atomic E-state index is 7.42. The summed E-state index contributed by atoms with van der Waals surface area (Å²) in [5.41, 5.74) is 8.13. The molecule has 1 aromatic carbocycles. The van der Waals surface area contributed by atoms with Gasteiger partial charge in [0, 0.05) is 29.9 Å². The highest BCUT2D eigenvalue weighted by molar-refractivity contribution is 9.10. The fraction of sp³-hybridized carbons (Fsp3) is 0.143. The molecule has 0 unspecified atom stereocenters. The third kappa shape index (κ3) is 3.32. The van der Waals surface area contributed by atoms with Gasteiger partial charge in [-0.15, -0.1) is 0 Å². The molecule has 1 aromatic heterocycles. The van der Waals surface area contributed by atoms with E-state index in [1.807, 2.05) is 37.4 Å². The van der Waals surface area contributed by atoms with E-state index in [4.69, 9.17) is 11.1 Å². The molecule has 5 heteroatoms. The number of aromatic nitrogens is 1. The first-order chi connectivity index (χ1) is 9.08. The van der Waals surface area contributed by atoms with Gasteiger partial charge in [-0.1, -0.05) is 34.1 Å². The van der Waals surface area contributed by atoms with Crippen LogP contribution in [-0.4, -0.2) is 17.9 Å². The SMILES string of the molecule is CN(Cc1ccccc1Br)c1ccnc(C(=N)N)c1. The van der Waals surface area contributed by atoms with Crippen LogP contribution in [0.1, 0.15) is 11.3 Å². The Kier molecular flexibility index (Phi) is 4.16. The van der Waals surface area contributed by atoms with E-state index in [2.05, 4.69) is 31.9 Å². The molecule has 0 bridgehead atoms. The van der Waals surface area contributed by atoms with Gasteiger partial charge in [-0.3, -0.25) is 10.4 Å². The number of anilines is 1. The molecule has 4 nitrogen and oxygen atoms in total. The van der Waals surface area contributed by atoms with Crippen molar-refractivity contribution >= 4 is 27.5 Å². The zero-order chi connectivity index (χ0) is 13.8. The summed E-state index contributed by atoms with van der Waals surface area (Å²) in [5, 5.41) is 7.42. The molecule has 0 saturated carbocycles. The van der Waals surface area contributed by atoms with E-state index < -0.39 is 0 Å². The molecule has 2 rings (SSSR count). The van der Waals surface area contributed by atoms with Crippen molar-refractivity contribution in [2.45, 2.75) is 6.54 Å². The van der Waals surface area contributed by atoms with Crippen LogP contribution >= 0.6 is 15.9 Å². The number of hydrogen-bond acceptors (Lipinski definition) is 3. The van der Waals surface area contributed by atoms with Crippen molar-refractivity contribution in [1.82, 2.24) is 4.98 Å². The van der Waals surface area contributed by atoms with Crippen molar-refractivity contribution in [1.29, 1.82) is 5.41 Å². The van der Waals surface area contributed by atoms with Crippen LogP contribution in [0, 0.1) is 5.41 Å². The Labute approximate surface area is 120 Å². The van der Waals surface area contributed by atoms with Crippen LogP contribution in [-0.2, 0) is 6.54 Å². The summed E-state index contributed by atoms with van der Waals surface area (Å²) in [5.74, 6) is -0.0175. The molecule has 0 aliphatic heterocycles. The average Bonchev–Trinajstić information content (AvgIpc) is 2.41.